The van der Waals surface area contributed by atoms with E-state index in [1.807, 2.05) is 50.2 Å². The van der Waals surface area contributed by atoms with Gasteiger partial charge in [0.1, 0.15) is 28.5 Å². The number of hydrogen-bond donors (Lipinski definition) is 1. The van der Waals surface area contributed by atoms with Crippen molar-refractivity contribution in [2.45, 2.75) is 13.8 Å². The number of benzene rings is 2. The van der Waals surface area contributed by atoms with Crippen molar-refractivity contribution in [1.29, 1.82) is 0 Å². The molecule has 0 spiro atoms. The molecule has 0 aliphatic carbocycles. The Morgan fingerprint density at radius 1 is 0.929 bits per heavy atom. The molecule has 0 aliphatic heterocycles. The second-order valence-electron chi connectivity index (χ2n) is 6.06. The SMILES string of the molecule is CCOc1ccc(-c2csc3ncnc(Nc4ccccc4OCC)c23)cc1. The molecule has 2 aromatic carbocycles. The number of ether oxygens (including phenoxy) is 2. The van der Waals surface area contributed by atoms with Gasteiger partial charge in [-0.15, -0.1) is 11.3 Å². The number of nitrogens with one attached hydrogen (secondary N) is 1. The minimum Gasteiger partial charge on any atom is -0.494 e. The van der Waals surface area contributed by atoms with Crippen molar-refractivity contribution in [3.63, 3.8) is 0 Å². The van der Waals surface area contributed by atoms with Gasteiger partial charge in [-0.3, -0.25) is 0 Å². The number of fused-ring (bicyclic) bond motifs is 1. The van der Waals surface area contributed by atoms with Crippen molar-refractivity contribution in [3.8, 4) is 22.6 Å². The smallest absolute Gasteiger partial charge is 0.143 e. The number of thiophene rings is 1. The van der Waals surface area contributed by atoms with Crippen molar-refractivity contribution >= 4 is 33.1 Å². The van der Waals surface area contributed by atoms with E-state index in [1.54, 1.807) is 17.7 Å². The maximum absolute atomic E-state index is 5.74. The van der Waals surface area contributed by atoms with E-state index < -0.39 is 0 Å². The average molecular weight is 391 g/mol. The minimum absolute atomic E-state index is 0.605. The van der Waals surface area contributed by atoms with Crippen LogP contribution < -0.4 is 14.8 Å². The molecule has 0 saturated heterocycles. The molecule has 0 aliphatic rings. The molecule has 6 heteroatoms. The quantitative estimate of drug-likeness (QED) is 0.425. The van der Waals surface area contributed by atoms with Gasteiger partial charge in [0.05, 0.1) is 24.3 Å². The van der Waals surface area contributed by atoms with Gasteiger partial charge in [0, 0.05) is 10.9 Å². The first-order chi connectivity index (χ1) is 13.8. The van der Waals surface area contributed by atoms with Crippen LogP contribution >= 0.6 is 11.3 Å². The molecule has 4 rings (SSSR count). The van der Waals surface area contributed by atoms with Gasteiger partial charge in [-0.2, -0.15) is 0 Å². The summed E-state index contributed by atoms with van der Waals surface area (Å²) in [5.74, 6) is 2.43. The highest BCUT2D eigenvalue weighted by molar-refractivity contribution is 7.17. The molecule has 2 heterocycles. The van der Waals surface area contributed by atoms with Gasteiger partial charge in [0.25, 0.3) is 0 Å². The zero-order valence-corrected chi connectivity index (χ0v) is 16.6. The van der Waals surface area contributed by atoms with E-state index in [4.69, 9.17) is 9.47 Å². The van der Waals surface area contributed by atoms with Crippen LogP contribution in [-0.2, 0) is 0 Å². The van der Waals surface area contributed by atoms with Crippen LogP contribution in [0.3, 0.4) is 0 Å². The van der Waals surface area contributed by atoms with E-state index >= 15 is 0 Å². The lowest BCUT2D eigenvalue weighted by Crippen LogP contribution is -2.00. The highest BCUT2D eigenvalue weighted by atomic mass is 32.1. The Hall–Kier alpha value is -3.12. The lowest BCUT2D eigenvalue weighted by atomic mass is 10.1. The van der Waals surface area contributed by atoms with E-state index in [0.29, 0.717) is 13.2 Å². The summed E-state index contributed by atoms with van der Waals surface area (Å²) in [6, 6.07) is 16.0. The van der Waals surface area contributed by atoms with Crippen LogP contribution in [0.25, 0.3) is 21.3 Å². The fourth-order valence-corrected chi connectivity index (χ4v) is 3.97. The summed E-state index contributed by atoms with van der Waals surface area (Å²) in [6.45, 7) is 5.22. The van der Waals surface area contributed by atoms with Crippen molar-refractivity contribution in [2.75, 3.05) is 18.5 Å². The van der Waals surface area contributed by atoms with Crippen LogP contribution in [0.4, 0.5) is 11.5 Å². The molecule has 0 radical (unpaired) electrons. The summed E-state index contributed by atoms with van der Waals surface area (Å²) < 4.78 is 11.3. The van der Waals surface area contributed by atoms with Crippen LogP contribution in [0.1, 0.15) is 13.8 Å². The zero-order valence-electron chi connectivity index (χ0n) is 15.8. The van der Waals surface area contributed by atoms with Gasteiger partial charge in [-0.1, -0.05) is 24.3 Å². The Morgan fingerprint density at radius 3 is 2.50 bits per heavy atom. The summed E-state index contributed by atoms with van der Waals surface area (Å²) in [4.78, 5) is 9.90. The Kier molecular flexibility index (Phi) is 5.39. The largest absolute Gasteiger partial charge is 0.494 e. The van der Waals surface area contributed by atoms with Gasteiger partial charge >= 0.3 is 0 Å². The van der Waals surface area contributed by atoms with Crippen molar-refractivity contribution in [2.24, 2.45) is 0 Å². The molecule has 0 atom stereocenters. The summed E-state index contributed by atoms with van der Waals surface area (Å²) in [5, 5.41) is 6.56. The fraction of sp³-hybridized carbons (Fsp3) is 0.182. The highest BCUT2D eigenvalue weighted by Gasteiger charge is 2.14. The molecular formula is C22H21N3O2S. The number of rotatable bonds is 7. The molecule has 0 fully saturated rings. The minimum atomic E-state index is 0.605. The molecule has 4 aromatic rings. The molecule has 0 amide bonds. The summed E-state index contributed by atoms with van der Waals surface area (Å²) >= 11 is 1.61. The maximum atomic E-state index is 5.74. The van der Waals surface area contributed by atoms with Gasteiger partial charge in [-0.05, 0) is 43.7 Å². The first-order valence-electron chi connectivity index (χ1n) is 9.24. The average Bonchev–Trinajstić information content (AvgIpc) is 3.16. The first-order valence-corrected chi connectivity index (χ1v) is 10.1. The predicted molar refractivity (Wildman–Crippen MR) is 115 cm³/mol. The van der Waals surface area contributed by atoms with Crippen LogP contribution in [0.2, 0.25) is 0 Å². The number of hydrogen-bond acceptors (Lipinski definition) is 6. The van der Waals surface area contributed by atoms with Gasteiger partial charge in [0.15, 0.2) is 0 Å². The third-order valence-electron chi connectivity index (χ3n) is 4.29. The highest BCUT2D eigenvalue weighted by Crippen LogP contribution is 2.39. The van der Waals surface area contributed by atoms with E-state index in [2.05, 4.69) is 32.8 Å². The van der Waals surface area contributed by atoms with E-state index in [9.17, 15) is 0 Å². The van der Waals surface area contributed by atoms with E-state index in [1.165, 1.54) is 0 Å². The molecule has 142 valence electrons. The second-order valence-corrected chi connectivity index (χ2v) is 6.92. The Bertz CT molecular complexity index is 1080. The molecular weight excluding hydrogens is 370 g/mol. The van der Waals surface area contributed by atoms with Gasteiger partial charge in [-0.25, -0.2) is 9.97 Å². The number of aromatic nitrogens is 2. The Balaban J connectivity index is 1.75. The van der Waals surface area contributed by atoms with E-state index in [0.717, 1.165) is 44.3 Å². The Labute approximate surface area is 168 Å². The molecule has 0 unspecified atom stereocenters. The van der Waals surface area contributed by atoms with Crippen LogP contribution in [0.5, 0.6) is 11.5 Å². The van der Waals surface area contributed by atoms with Crippen LogP contribution in [-0.4, -0.2) is 23.2 Å². The summed E-state index contributed by atoms with van der Waals surface area (Å²) in [6.07, 6.45) is 1.59. The lowest BCUT2D eigenvalue weighted by molar-refractivity contribution is 0.340. The van der Waals surface area contributed by atoms with Crippen molar-refractivity contribution in [1.82, 2.24) is 9.97 Å². The van der Waals surface area contributed by atoms with Crippen molar-refractivity contribution < 1.29 is 9.47 Å². The normalized spacial score (nSPS) is 10.8. The topological polar surface area (TPSA) is 56.3 Å². The lowest BCUT2D eigenvalue weighted by Gasteiger charge is -2.13. The van der Waals surface area contributed by atoms with Crippen LogP contribution in [0.15, 0.2) is 60.2 Å². The standard InChI is InChI=1S/C22H21N3O2S/c1-3-26-16-11-9-15(10-12-16)17-13-28-22-20(17)21(23-14-24-22)25-18-7-5-6-8-19(18)27-4-2/h5-14H,3-4H2,1-2H3,(H,23,24,25). The van der Waals surface area contributed by atoms with Gasteiger partial charge < -0.3 is 14.8 Å². The maximum Gasteiger partial charge on any atom is 0.143 e. The molecule has 2 aromatic heterocycles. The summed E-state index contributed by atoms with van der Waals surface area (Å²) in [5.41, 5.74) is 3.08. The molecule has 28 heavy (non-hydrogen) atoms. The third kappa shape index (κ3) is 3.64. The third-order valence-corrected chi connectivity index (χ3v) is 5.17. The fourth-order valence-electron chi connectivity index (χ4n) is 3.06. The van der Waals surface area contributed by atoms with Crippen molar-refractivity contribution in [3.05, 3.63) is 60.2 Å². The molecule has 1 N–H and O–H groups in total. The summed E-state index contributed by atoms with van der Waals surface area (Å²) in [7, 11) is 0. The number of para-hydroxylation sites is 2. The van der Waals surface area contributed by atoms with Gasteiger partial charge in [0.2, 0.25) is 0 Å². The molecule has 5 nitrogen and oxygen atoms in total. The second kappa shape index (κ2) is 8.27. The Morgan fingerprint density at radius 2 is 1.71 bits per heavy atom. The predicted octanol–water partition coefficient (Wildman–Crippen LogP) is 5.90. The molecule has 0 bridgehead atoms. The number of nitrogens with zero attached hydrogens (tertiary/aromatic N) is 2. The molecule has 0 saturated carbocycles. The zero-order chi connectivity index (χ0) is 19.3. The van der Waals surface area contributed by atoms with Crippen LogP contribution in [0, 0.1) is 0 Å². The number of anilines is 2. The first kappa shape index (κ1) is 18.3. The van der Waals surface area contributed by atoms with E-state index in [-0.39, 0.29) is 0 Å². The monoisotopic (exact) mass is 391 g/mol.